The van der Waals surface area contributed by atoms with Crippen LogP contribution in [0.1, 0.15) is 0 Å². The molecule has 0 saturated carbocycles. The minimum atomic E-state index is 0.951. The normalized spacial score (nSPS) is 11.7. The van der Waals surface area contributed by atoms with Crippen LogP contribution in [0.3, 0.4) is 0 Å². The summed E-state index contributed by atoms with van der Waals surface area (Å²) in [5.41, 5.74) is 9.09. The molecule has 0 atom stereocenters. The zero-order chi connectivity index (χ0) is 25.1. The summed E-state index contributed by atoms with van der Waals surface area (Å²) < 4.78 is 4.69. The van der Waals surface area contributed by atoms with Gasteiger partial charge >= 0.3 is 0 Å². The van der Waals surface area contributed by atoms with Crippen LogP contribution in [0.4, 0.5) is 0 Å². The van der Waals surface area contributed by atoms with Gasteiger partial charge in [-0.1, -0.05) is 84.9 Å². The molecule has 0 aliphatic rings. The van der Waals surface area contributed by atoms with E-state index in [-0.39, 0.29) is 0 Å². The van der Waals surface area contributed by atoms with Gasteiger partial charge in [0.05, 0.1) is 27.8 Å². The van der Waals surface area contributed by atoms with Crippen molar-refractivity contribution in [3.63, 3.8) is 0 Å². The average molecular weight is 486 g/mol. The highest BCUT2D eigenvalue weighted by molar-refractivity contribution is 6.10. The summed E-state index contributed by atoms with van der Waals surface area (Å²) in [6, 6.07) is 47.5. The average Bonchev–Trinajstić information content (AvgIpc) is 3.51. The maximum Gasteiger partial charge on any atom is 0.0723 e. The van der Waals surface area contributed by atoms with Crippen molar-refractivity contribution in [3.05, 3.63) is 140 Å². The molecular weight excluding hydrogens is 462 g/mol. The standard InChI is InChI=1S/C35H23N3/c1-5-16-32-27(12-1)28-13-2-6-17-33(28)37(32)25-11-9-10-24(22-25)31-23-26(20-21-36-31)38-34-18-7-3-14-29(34)30-15-4-8-19-35(30)38/h1-23H. The predicted octanol–water partition coefficient (Wildman–Crippen LogP) is 8.94. The lowest BCUT2D eigenvalue weighted by atomic mass is 10.1. The SMILES string of the molecule is c1cc(-c2cc(-n3c4ccccc4c4ccccc43)ccn2)cc(-n2c3ccccc3c3ccccc32)c1. The molecule has 0 bridgehead atoms. The van der Waals surface area contributed by atoms with E-state index in [1.807, 2.05) is 6.20 Å². The van der Waals surface area contributed by atoms with Crippen LogP contribution >= 0.6 is 0 Å². The van der Waals surface area contributed by atoms with Gasteiger partial charge in [0.25, 0.3) is 0 Å². The molecule has 8 rings (SSSR count). The minimum Gasteiger partial charge on any atom is -0.309 e. The Balaban J connectivity index is 1.32. The van der Waals surface area contributed by atoms with Crippen molar-refractivity contribution in [2.75, 3.05) is 0 Å². The Labute approximate surface area is 219 Å². The van der Waals surface area contributed by atoms with Crippen molar-refractivity contribution in [1.29, 1.82) is 0 Å². The Bertz CT molecular complexity index is 1880. The van der Waals surface area contributed by atoms with Crippen molar-refractivity contribution in [3.8, 4) is 22.6 Å². The summed E-state index contributed by atoms with van der Waals surface area (Å²) in [7, 11) is 0. The van der Waals surface area contributed by atoms with Gasteiger partial charge in [0.1, 0.15) is 0 Å². The van der Waals surface area contributed by atoms with Crippen LogP contribution in [0.2, 0.25) is 0 Å². The first-order valence-corrected chi connectivity index (χ1v) is 12.9. The van der Waals surface area contributed by atoms with E-state index in [2.05, 4.69) is 143 Å². The minimum absolute atomic E-state index is 0.951. The number of hydrogen-bond donors (Lipinski definition) is 0. The van der Waals surface area contributed by atoms with Gasteiger partial charge in [-0.15, -0.1) is 0 Å². The topological polar surface area (TPSA) is 22.8 Å². The number of fused-ring (bicyclic) bond motifs is 6. The third-order valence-corrected chi connectivity index (χ3v) is 7.56. The molecule has 0 saturated heterocycles. The van der Waals surface area contributed by atoms with Crippen LogP contribution in [-0.2, 0) is 0 Å². The monoisotopic (exact) mass is 485 g/mol. The molecule has 38 heavy (non-hydrogen) atoms. The number of benzene rings is 5. The zero-order valence-corrected chi connectivity index (χ0v) is 20.6. The van der Waals surface area contributed by atoms with Crippen molar-refractivity contribution < 1.29 is 0 Å². The summed E-state index contributed by atoms with van der Waals surface area (Å²) in [5.74, 6) is 0. The molecule has 178 valence electrons. The van der Waals surface area contributed by atoms with Crippen LogP contribution in [0, 0.1) is 0 Å². The number of aromatic nitrogens is 3. The molecule has 0 unspecified atom stereocenters. The fourth-order valence-electron chi connectivity index (χ4n) is 5.92. The summed E-state index contributed by atoms with van der Waals surface area (Å²) in [4.78, 5) is 4.80. The van der Waals surface area contributed by atoms with Gasteiger partial charge in [0, 0.05) is 44.7 Å². The summed E-state index contributed by atoms with van der Waals surface area (Å²) in [6.07, 6.45) is 1.92. The maximum atomic E-state index is 4.80. The van der Waals surface area contributed by atoms with E-state index in [1.165, 1.54) is 43.6 Å². The molecule has 0 spiro atoms. The zero-order valence-electron chi connectivity index (χ0n) is 20.6. The molecule has 5 aromatic carbocycles. The first kappa shape index (κ1) is 21.0. The highest BCUT2D eigenvalue weighted by atomic mass is 15.0. The molecule has 0 amide bonds. The molecule has 3 heterocycles. The molecule has 8 aromatic rings. The first-order valence-electron chi connectivity index (χ1n) is 12.9. The van der Waals surface area contributed by atoms with Gasteiger partial charge in [-0.2, -0.15) is 0 Å². The van der Waals surface area contributed by atoms with Gasteiger partial charge in [-0.25, -0.2) is 0 Å². The van der Waals surface area contributed by atoms with Crippen molar-refractivity contribution in [2.45, 2.75) is 0 Å². The Morgan fingerprint density at radius 3 is 1.34 bits per heavy atom. The van der Waals surface area contributed by atoms with E-state index >= 15 is 0 Å². The lowest BCUT2D eigenvalue weighted by molar-refractivity contribution is 1.15. The van der Waals surface area contributed by atoms with Crippen LogP contribution in [-0.4, -0.2) is 14.1 Å². The molecule has 3 nitrogen and oxygen atoms in total. The second-order valence-electron chi connectivity index (χ2n) is 9.69. The Morgan fingerprint density at radius 2 is 0.842 bits per heavy atom. The molecular formula is C35H23N3. The Morgan fingerprint density at radius 1 is 0.395 bits per heavy atom. The number of rotatable bonds is 3. The van der Waals surface area contributed by atoms with E-state index in [4.69, 9.17) is 4.98 Å². The largest absolute Gasteiger partial charge is 0.309 e. The summed E-state index contributed by atoms with van der Waals surface area (Å²) in [6.45, 7) is 0. The molecule has 3 heteroatoms. The van der Waals surface area contributed by atoms with Gasteiger partial charge in [-0.05, 0) is 48.5 Å². The number of nitrogens with zero attached hydrogens (tertiary/aromatic N) is 3. The summed E-state index contributed by atoms with van der Waals surface area (Å²) >= 11 is 0. The Hall–Kier alpha value is -5.15. The lowest BCUT2D eigenvalue weighted by Gasteiger charge is -2.12. The van der Waals surface area contributed by atoms with Crippen molar-refractivity contribution >= 4 is 43.6 Å². The molecule has 0 fully saturated rings. The third kappa shape index (κ3) is 3.06. The lowest BCUT2D eigenvalue weighted by Crippen LogP contribution is -1.97. The van der Waals surface area contributed by atoms with E-state index in [0.717, 1.165) is 22.6 Å². The predicted molar refractivity (Wildman–Crippen MR) is 158 cm³/mol. The van der Waals surface area contributed by atoms with E-state index in [0.29, 0.717) is 0 Å². The number of para-hydroxylation sites is 4. The molecule has 3 aromatic heterocycles. The van der Waals surface area contributed by atoms with Crippen molar-refractivity contribution in [1.82, 2.24) is 14.1 Å². The fraction of sp³-hybridized carbons (Fsp3) is 0. The summed E-state index contributed by atoms with van der Waals surface area (Å²) in [5, 5.41) is 5.05. The van der Waals surface area contributed by atoms with Gasteiger partial charge in [0.15, 0.2) is 0 Å². The van der Waals surface area contributed by atoms with Crippen LogP contribution in [0.5, 0.6) is 0 Å². The highest BCUT2D eigenvalue weighted by Crippen LogP contribution is 2.35. The van der Waals surface area contributed by atoms with Crippen LogP contribution < -0.4 is 0 Å². The van der Waals surface area contributed by atoms with Gasteiger partial charge in [0.2, 0.25) is 0 Å². The number of pyridine rings is 1. The molecule has 0 radical (unpaired) electrons. The Kier molecular flexibility index (Phi) is 4.52. The fourth-order valence-corrected chi connectivity index (χ4v) is 5.92. The van der Waals surface area contributed by atoms with Gasteiger partial charge in [-0.3, -0.25) is 4.98 Å². The second-order valence-corrected chi connectivity index (χ2v) is 9.69. The molecule has 0 N–H and O–H groups in total. The quantitative estimate of drug-likeness (QED) is 0.245. The van der Waals surface area contributed by atoms with Gasteiger partial charge < -0.3 is 9.13 Å². The first-order chi connectivity index (χ1) is 18.9. The third-order valence-electron chi connectivity index (χ3n) is 7.56. The van der Waals surface area contributed by atoms with E-state index in [1.54, 1.807) is 0 Å². The highest BCUT2D eigenvalue weighted by Gasteiger charge is 2.14. The van der Waals surface area contributed by atoms with E-state index in [9.17, 15) is 0 Å². The van der Waals surface area contributed by atoms with Crippen LogP contribution in [0.15, 0.2) is 140 Å². The maximum absolute atomic E-state index is 4.80. The smallest absolute Gasteiger partial charge is 0.0723 e. The van der Waals surface area contributed by atoms with Crippen LogP contribution in [0.25, 0.3) is 66.2 Å². The second kappa shape index (κ2) is 8.19. The molecule has 0 aliphatic heterocycles. The molecule has 0 aliphatic carbocycles. The number of hydrogen-bond acceptors (Lipinski definition) is 1. The van der Waals surface area contributed by atoms with E-state index < -0.39 is 0 Å². The van der Waals surface area contributed by atoms with Crippen molar-refractivity contribution in [2.24, 2.45) is 0 Å².